The highest BCUT2D eigenvalue weighted by Crippen LogP contribution is 2.34. The van der Waals surface area contributed by atoms with Gasteiger partial charge >= 0.3 is 12.2 Å². The molecule has 0 saturated carbocycles. The molecule has 2 aromatic heterocycles. The molecule has 5 aromatic rings. The average molecular weight is 709 g/mol. The summed E-state index contributed by atoms with van der Waals surface area (Å²) < 4.78 is 15.1. The fourth-order valence-corrected chi connectivity index (χ4v) is 7.26. The zero-order valence-electron chi connectivity index (χ0n) is 29.8. The lowest BCUT2D eigenvalue weighted by molar-refractivity contribution is -0.142. The number of alkyl carbamates (subject to hydrolysis) is 2. The number of carbonyl (C=O) groups is 3. The van der Waals surface area contributed by atoms with Crippen LogP contribution in [0.5, 0.6) is 0 Å². The zero-order chi connectivity index (χ0) is 36.4. The quantitative estimate of drug-likeness (QED) is 0.159. The summed E-state index contributed by atoms with van der Waals surface area (Å²) in [4.78, 5) is 57.3. The lowest BCUT2D eigenvalue weighted by atomic mass is 9.99. The lowest BCUT2D eigenvalue weighted by Crippen LogP contribution is -2.52. The van der Waals surface area contributed by atoms with Crippen molar-refractivity contribution < 1.29 is 28.6 Å². The van der Waals surface area contributed by atoms with Gasteiger partial charge in [-0.05, 0) is 79.4 Å². The van der Waals surface area contributed by atoms with E-state index < -0.39 is 24.3 Å². The summed E-state index contributed by atoms with van der Waals surface area (Å²) in [5.41, 5.74) is 5.77. The third-order valence-electron chi connectivity index (χ3n) is 9.93. The highest BCUT2D eigenvalue weighted by atomic mass is 16.5. The number of benzene rings is 3. The zero-order valence-corrected chi connectivity index (χ0v) is 29.8. The first kappa shape index (κ1) is 35.0. The number of aromatic nitrogens is 4. The molecule has 0 radical (unpaired) electrons. The van der Waals surface area contributed by atoms with E-state index >= 15 is 0 Å². The molecule has 0 aliphatic carbocycles. The second-order valence-corrected chi connectivity index (χ2v) is 13.5. The predicted molar refractivity (Wildman–Crippen MR) is 195 cm³/mol. The van der Waals surface area contributed by atoms with Gasteiger partial charge in [0.2, 0.25) is 5.91 Å². The van der Waals surface area contributed by atoms with Crippen LogP contribution in [-0.4, -0.2) is 107 Å². The molecule has 14 nitrogen and oxygen atoms in total. The number of likely N-dealkylation sites (tertiary alicyclic amines) is 1. The van der Waals surface area contributed by atoms with Crippen LogP contribution < -0.4 is 10.6 Å². The van der Waals surface area contributed by atoms with E-state index in [4.69, 9.17) is 19.4 Å². The standard InChI is InChI=1S/C38H44N8O6/c1-22(40-37(48)50-3)20-45-13-5-6-32(45)34-39-19-31(44-34)28-10-9-24-16-25(7-8-26(24)17-28)27-11-12-29-30(18-27)43-35(42-29)33-21-52-15-14-46(33)36(47)23(2)41-38(49)51-4/h7-12,16-19,22-23,32-33H,5-6,13-15,20-21H2,1-4H3,(H,39,44)(H,40,48)(H,41,49)(H,42,43). The van der Waals surface area contributed by atoms with E-state index in [1.54, 1.807) is 11.8 Å². The number of amides is 3. The second kappa shape index (κ2) is 15.0. The second-order valence-electron chi connectivity index (χ2n) is 13.5. The van der Waals surface area contributed by atoms with Gasteiger partial charge in [0.15, 0.2) is 0 Å². The van der Waals surface area contributed by atoms with Gasteiger partial charge < -0.3 is 39.7 Å². The van der Waals surface area contributed by atoms with Crippen molar-refractivity contribution >= 4 is 39.9 Å². The molecular formula is C38H44N8O6. The normalized spacial score (nSPS) is 19.0. The van der Waals surface area contributed by atoms with Crippen LogP contribution in [0.25, 0.3) is 44.2 Å². The van der Waals surface area contributed by atoms with E-state index in [9.17, 15) is 14.4 Å². The summed E-state index contributed by atoms with van der Waals surface area (Å²) in [7, 11) is 2.64. The lowest BCUT2D eigenvalue weighted by Gasteiger charge is -2.36. The number of carbonyl (C=O) groups excluding carboxylic acids is 3. The number of methoxy groups -OCH3 is 2. The van der Waals surface area contributed by atoms with Crippen LogP contribution in [0.2, 0.25) is 0 Å². The van der Waals surface area contributed by atoms with E-state index in [1.165, 1.54) is 14.2 Å². The van der Waals surface area contributed by atoms with Gasteiger partial charge in [-0.25, -0.2) is 19.6 Å². The van der Waals surface area contributed by atoms with Gasteiger partial charge in [-0.2, -0.15) is 0 Å². The van der Waals surface area contributed by atoms with Crippen molar-refractivity contribution in [2.75, 3.05) is 47.1 Å². The van der Waals surface area contributed by atoms with Gasteiger partial charge in [-0.3, -0.25) is 9.69 Å². The molecule has 52 heavy (non-hydrogen) atoms. The molecule has 0 spiro atoms. The van der Waals surface area contributed by atoms with Crippen molar-refractivity contribution in [1.82, 2.24) is 40.4 Å². The third kappa shape index (κ3) is 7.30. The Hall–Kier alpha value is -5.47. The Morgan fingerprint density at radius 3 is 2.38 bits per heavy atom. The minimum atomic E-state index is -0.758. The predicted octanol–water partition coefficient (Wildman–Crippen LogP) is 5.30. The van der Waals surface area contributed by atoms with Crippen molar-refractivity contribution in [1.29, 1.82) is 0 Å². The van der Waals surface area contributed by atoms with E-state index in [-0.39, 0.29) is 18.0 Å². The van der Waals surface area contributed by atoms with Crippen LogP contribution in [0.1, 0.15) is 50.4 Å². The Bertz CT molecular complexity index is 2090. The number of nitrogens with one attached hydrogen (secondary N) is 4. The molecule has 4 heterocycles. The number of hydrogen-bond donors (Lipinski definition) is 4. The smallest absolute Gasteiger partial charge is 0.407 e. The summed E-state index contributed by atoms with van der Waals surface area (Å²) in [5, 5.41) is 7.65. The summed E-state index contributed by atoms with van der Waals surface area (Å²) >= 11 is 0. The molecule has 4 unspecified atom stereocenters. The molecule has 2 saturated heterocycles. The van der Waals surface area contributed by atoms with Crippen LogP contribution in [0, 0.1) is 0 Å². The summed E-state index contributed by atoms with van der Waals surface area (Å²) in [6.45, 7) is 6.37. The van der Waals surface area contributed by atoms with Crippen molar-refractivity contribution in [2.45, 2.75) is 50.9 Å². The number of H-pyrrole nitrogens is 2. The van der Waals surface area contributed by atoms with E-state index in [1.807, 2.05) is 19.2 Å². The van der Waals surface area contributed by atoms with Gasteiger partial charge in [-0.1, -0.05) is 30.3 Å². The van der Waals surface area contributed by atoms with Crippen molar-refractivity contribution in [2.24, 2.45) is 0 Å². The first-order valence-electron chi connectivity index (χ1n) is 17.6. The minimum absolute atomic E-state index is 0.0420. The van der Waals surface area contributed by atoms with Crippen LogP contribution in [-0.2, 0) is 19.0 Å². The fourth-order valence-electron chi connectivity index (χ4n) is 7.26. The fraction of sp³-hybridized carbons (Fsp3) is 0.395. The monoisotopic (exact) mass is 708 g/mol. The maximum atomic E-state index is 13.3. The minimum Gasteiger partial charge on any atom is -0.453 e. The molecular weight excluding hydrogens is 664 g/mol. The number of ether oxygens (including phenoxy) is 3. The highest BCUT2D eigenvalue weighted by molar-refractivity contribution is 5.92. The SMILES string of the molecule is COC(=O)NC(C)CN1CCCC1c1ncc(-c2ccc3cc(-c4ccc5nc(C6COCCN6C(=O)C(C)NC(=O)OC)[nH]c5c4)ccc3c2)[nH]1. The van der Waals surface area contributed by atoms with E-state index in [2.05, 4.69) is 78.8 Å². The Morgan fingerprint density at radius 1 is 0.885 bits per heavy atom. The summed E-state index contributed by atoms with van der Waals surface area (Å²) in [6.07, 6.45) is 2.90. The number of nitrogens with zero attached hydrogens (tertiary/aromatic N) is 4. The summed E-state index contributed by atoms with van der Waals surface area (Å²) in [5.74, 6) is 1.33. The number of hydrogen-bond acceptors (Lipinski definition) is 9. The molecule has 7 rings (SSSR count). The Kier molecular flexibility index (Phi) is 10.1. The van der Waals surface area contributed by atoms with Crippen molar-refractivity contribution in [3.8, 4) is 22.4 Å². The Morgan fingerprint density at radius 2 is 1.60 bits per heavy atom. The van der Waals surface area contributed by atoms with Gasteiger partial charge in [0, 0.05) is 24.7 Å². The first-order chi connectivity index (χ1) is 25.2. The Labute approximate surface area is 301 Å². The van der Waals surface area contributed by atoms with Crippen molar-refractivity contribution in [3.05, 3.63) is 72.4 Å². The van der Waals surface area contributed by atoms with Crippen LogP contribution >= 0.6 is 0 Å². The number of imidazole rings is 2. The molecule has 14 heteroatoms. The topological polar surface area (TPSA) is 167 Å². The molecule has 272 valence electrons. The van der Waals surface area contributed by atoms with Gasteiger partial charge in [0.1, 0.15) is 23.7 Å². The van der Waals surface area contributed by atoms with Crippen LogP contribution in [0.15, 0.2) is 60.8 Å². The number of fused-ring (bicyclic) bond motifs is 2. The van der Waals surface area contributed by atoms with Gasteiger partial charge in [-0.15, -0.1) is 0 Å². The van der Waals surface area contributed by atoms with Crippen LogP contribution in [0.3, 0.4) is 0 Å². The maximum absolute atomic E-state index is 13.3. The number of morpholine rings is 1. The third-order valence-corrected chi connectivity index (χ3v) is 9.93. The largest absolute Gasteiger partial charge is 0.453 e. The van der Waals surface area contributed by atoms with E-state index in [0.29, 0.717) is 32.1 Å². The van der Waals surface area contributed by atoms with Crippen molar-refractivity contribution in [3.63, 3.8) is 0 Å². The molecule has 2 fully saturated rings. The Balaban J connectivity index is 1.06. The first-order valence-corrected chi connectivity index (χ1v) is 17.6. The maximum Gasteiger partial charge on any atom is 0.407 e. The highest BCUT2D eigenvalue weighted by Gasteiger charge is 2.34. The van der Waals surface area contributed by atoms with E-state index in [0.717, 1.165) is 69.4 Å². The molecule has 3 amide bonds. The number of aromatic amines is 2. The number of rotatable bonds is 9. The molecule has 2 aliphatic heterocycles. The summed E-state index contributed by atoms with van der Waals surface area (Å²) in [6, 6.07) is 17.9. The van der Waals surface area contributed by atoms with Gasteiger partial charge in [0.25, 0.3) is 0 Å². The van der Waals surface area contributed by atoms with Crippen LogP contribution in [0.4, 0.5) is 9.59 Å². The molecule has 4 N–H and O–H groups in total. The average Bonchev–Trinajstić information content (AvgIpc) is 3.94. The molecule has 4 atom stereocenters. The molecule has 2 aliphatic rings. The van der Waals surface area contributed by atoms with Gasteiger partial charge in [0.05, 0.1) is 56.4 Å². The molecule has 0 bridgehead atoms. The molecule has 3 aromatic carbocycles.